The van der Waals surface area contributed by atoms with Gasteiger partial charge in [-0.2, -0.15) is 5.26 Å². The second-order valence-electron chi connectivity index (χ2n) is 4.34. The van der Waals surface area contributed by atoms with Crippen LogP contribution in [-0.2, 0) is 9.68 Å². The molecule has 0 unspecified atom stereocenters. The van der Waals surface area contributed by atoms with Crippen LogP contribution in [0.1, 0.15) is 0 Å². The van der Waals surface area contributed by atoms with E-state index in [2.05, 4.69) is 4.89 Å². The summed E-state index contributed by atoms with van der Waals surface area (Å²) in [6, 6.07) is 12.4. The summed E-state index contributed by atoms with van der Waals surface area (Å²) in [4.78, 5) is 26.8. The van der Waals surface area contributed by atoms with E-state index in [-0.39, 0.29) is 5.43 Å². The molecule has 1 heterocycles. The van der Waals surface area contributed by atoms with Gasteiger partial charge in [-0.3, -0.25) is 9.68 Å². The first kappa shape index (κ1) is 13.5. The number of fused-ring (bicyclic) bond motifs is 2. The van der Waals surface area contributed by atoms with Gasteiger partial charge in [0.05, 0.1) is 0 Å². The molecule has 0 aliphatic rings. The van der Waals surface area contributed by atoms with E-state index in [1.807, 2.05) is 18.2 Å². The molecule has 5 nitrogen and oxygen atoms in total. The molecule has 3 rings (SSSR count). The molecule has 0 amide bonds. The van der Waals surface area contributed by atoms with E-state index in [9.17, 15) is 9.59 Å². The predicted octanol–water partition coefficient (Wildman–Crippen LogP) is 2.81. The van der Waals surface area contributed by atoms with E-state index in [4.69, 9.17) is 9.99 Å². The normalized spacial score (nSPS) is 10.7. The van der Waals surface area contributed by atoms with Gasteiger partial charge in [-0.15, -0.1) is 11.3 Å². The van der Waals surface area contributed by atoms with Gasteiger partial charge in [0.2, 0.25) is 0 Å². The summed E-state index contributed by atoms with van der Waals surface area (Å²) in [6.07, 6.45) is 0. The van der Waals surface area contributed by atoms with Crippen molar-refractivity contribution >= 4 is 37.5 Å². The zero-order chi connectivity index (χ0) is 14.8. The van der Waals surface area contributed by atoms with Gasteiger partial charge in [-0.1, -0.05) is 12.1 Å². The van der Waals surface area contributed by atoms with Gasteiger partial charge < -0.3 is 4.74 Å². The quantitative estimate of drug-likeness (QED) is 0.457. The van der Waals surface area contributed by atoms with Gasteiger partial charge in [0.25, 0.3) is 0 Å². The molecule has 0 spiro atoms. The van der Waals surface area contributed by atoms with Gasteiger partial charge in [-0.05, 0) is 30.3 Å². The third-order valence-corrected chi connectivity index (χ3v) is 4.16. The monoisotopic (exact) mass is 302 g/mol. The van der Waals surface area contributed by atoms with E-state index in [0.717, 1.165) is 9.40 Å². The Bertz CT molecular complexity index is 884. The largest absolute Gasteiger partial charge is 0.482 e. The highest BCUT2D eigenvalue weighted by Gasteiger charge is 2.08. The standard InChI is InChI=1S/C15H10O5S/c16-14(20-18)8-19-9-5-6-13-11(7-9)15(17)10-3-1-2-4-12(10)21-13/h1-7,18H,8H2. The van der Waals surface area contributed by atoms with Crippen LogP contribution < -0.4 is 10.2 Å². The molecule has 0 bridgehead atoms. The lowest BCUT2D eigenvalue weighted by Gasteiger charge is -2.05. The molecule has 1 aromatic heterocycles. The van der Waals surface area contributed by atoms with Crippen LogP contribution in [0, 0.1) is 0 Å². The first-order chi connectivity index (χ1) is 10.2. The van der Waals surface area contributed by atoms with Crippen LogP contribution in [-0.4, -0.2) is 17.8 Å². The summed E-state index contributed by atoms with van der Waals surface area (Å²) in [7, 11) is 0. The van der Waals surface area contributed by atoms with Crippen molar-refractivity contribution in [2.24, 2.45) is 0 Å². The maximum Gasteiger partial charge on any atom is 0.379 e. The lowest BCUT2D eigenvalue weighted by molar-refractivity contribution is -0.236. The molecule has 3 aromatic rings. The molecule has 6 heteroatoms. The smallest absolute Gasteiger partial charge is 0.379 e. The summed E-state index contributed by atoms with van der Waals surface area (Å²) < 4.78 is 6.93. The number of carbonyl (C=O) groups is 1. The molecule has 0 aliphatic heterocycles. The fraction of sp³-hybridized carbons (Fsp3) is 0.0667. The fourth-order valence-corrected chi connectivity index (χ4v) is 3.09. The highest BCUT2D eigenvalue weighted by molar-refractivity contribution is 7.24. The maximum absolute atomic E-state index is 12.5. The molecule has 1 N–H and O–H groups in total. The average Bonchev–Trinajstić information content (AvgIpc) is 2.53. The molecule has 0 fully saturated rings. The summed E-state index contributed by atoms with van der Waals surface area (Å²) in [6.45, 7) is -0.423. The number of ether oxygens (including phenoxy) is 1. The predicted molar refractivity (Wildman–Crippen MR) is 79.8 cm³/mol. The number of benzene rings is 2. The van der Waals surface area contributed by atoms with Gasteiger partial charge in [0, 0.05) is 20.2 Å². The van der Waals surface area contributed by atoms with E-state index in [1.165, 1.54) is 11.3 Å². The first-order valence-corrected chi connectivity index (χ1v) is 6.93. The van der Waals surface area contributed by atoms with Crippen molar-refractivity contribution in [2.45, 2.75) is 0 Å². The Hall–Kier alpha value is -2.44. The maximum atomic E-state index is 12.5. The van der Waals surface area contributed by atoms with Crippen molar-refractivity contribution in [3.63, 3.8) is 0 Å². The van der Waals surface area contributed by atoms with Crippen molar-refractivity contribution in [1.82, 2.24) is 0 Å². The number of rotatable bonds is 3. The summed E-state index contributed by atoms with van der Waals surface area (Å²) in [5.41, 5.74) is -0.0745. The first-order valence-electron chi connectivity index (χ1n) is 6.11. The minimum absolute atomic E-state index is 0.0745. The molecular formula is C15H10O5S. The number of hydrogen-bond donors (Lipinski definition) is 1. The highest BCUT2D eigenvalue weighted by atomic mass is 32.1. The number of hydrogen-bond acceptors (Lipinski definition) is 6. The Morgan fingerprint density at radius 2 is 1.86 bits per heavy atom. The molecule has 0 atom stereocenters. The molecule has 0 saturated heterocycles. The van der Waals surface area contributed by atoms with Crippen LogP contribution in [0.5, 0.6) is 5.75 Å². The van der Waals surface area contributed by atoms with Crippen LogP contribution in [0.4, 0.5) is 0 Å². The topological polar surface area (TPSA) is 72.8 Å². The van der Waals surface area contributed by atoms with Crippen LogP contribution >= 0.6 is 11.3 Å². The van der Waals surface area contributed by atoms with Crippen molar-refractivity contribution in [3.05, 3.63) is 52.7 Å². The summed E-state index contributed by atoms with van der Waals surface area (Å²) in [5.74, 6) is -0.536. The van der Waals surface area contributed by atoms with Gasteiger partial charge >= 0.3 is 5.97 Å². The Balaban J connectivity index is 2.08. The fourth-order valence-electron chi connectivity index (χ4n) is 2.04. The van der Waals surface area contributed by atoms with Crippen LogP contribution in [0.2, 0.25) is 0 Å². The van der Waals surface area contributed by atoms with Gasteiger partial charge in [0.1, 0.15) is 5.75 Å². The average molecular weight is 302 g/mol. The van der Waals surface area contributed by atoms with E-state index in [0.29, 0.717) is 16.5 Å². The molecule has 2 aromatic carbocycles. The van der Waals surface area contributed by atoms with Crippen molar-refractivity contribution in [1.29, 1.82) is 0 Å². The Kier molecular flexibility index (Phi) is 3.55. The van der Waals surface area contributed by atoms with Crippen molar-refractivity contribution in [2.75, 3.05) is 6.61 Å². The molecule has 106 valence electrons. The van der Waals surface area contributed by atoms with Crippen LogP contribution in [0.3, 0.4) is 0 Å². The van der Waals surface area contributed by atoms with E-state index >= 15 is 0 Å². The Morgan fingerprint density at radius 3 is 2.67 bits per heavy atom. The lowest BCUT2D eigenvalue weighted by atomic mass is 10.2. The van der Waals surface area contributed by atoms with Gasteiger partial charge in [0.15, 0.2) is 12.0 Å². The SMILES string of the molecule is O=C(COc1ccc2sc3ccccc3c(=O)c2c1)OO. The lowest BCUT2D eigenvalue weighted by Crippen LogP contribution is -2.13. The molecule has 21 heavy (non-hydrogen) atoms. The van der Waals surface area contributed by atoms with Crippen LogP contribution in [0.25, 0.3) is 20.2 Å². The zero-order valence-corrected chi connectivity index (χ0v) is 11.6. The number of carbonyl (C=O) groups excluding carboxylic acids is 1. The van der Waals surface area contributed by atoms with Crippen LogP contribution in [0.15, 0.2) is 47.3 Å². The Labute approximate surface area is 122 Å². The molecular weight excluding hydrogens is 292 g/mol. The minimum Gasteiger partial charge on any atom is -0.482 e. The van der Waals surface area contributed by atoms with Gasteiger partial charge in [-0.25, -0.2) is 4.79 Å². The minimum atomic E-state index is -0.904. The second-order valence-corrected chi connectivity index (χ2v) is 5.42. The molecule has 0 saturated carbocycles. The molecule has 0 radical (unpaired) electrons. The zero-order valence-electron chi connectivity index (χ0n) is 10.7. The summed E-state index contributed by atoms with van der Waals surface area (Å²) >= 11 is 1.52. The van der Waals surface area contributed by atoms with Crippen molar-refractivity contribution < 1.29 is 19.7 Å². The molecule has 0 aliphatic carbocycles. The third kappa shape index (κ3) is 2.58. The summed E-state index contributed by atoms with van der Waals surface area (Å²) in [5, 5.41) is 9.36. The van der Waals surface area contributed by atoms with E-state index < -0.39 is 12.6 Å². The highest BCUT2D eigenvalue weighted by Crippen LogP contribution is 2.27. The van der Waals surface area contributed by atoms with Crippen molar-refractivity contribution in [3.8, 4) is 5.75 Å². The third-order valence-electron chi connectivity index (χ3n) is 3.01. The Morgan fingerprint density at radius 1 is 1.10 bits per heavy atom. The van der Waals surface area contributed by atoms with E-state index in [1.54, 1.807) is 24.3 Å². The second kappa shape index (κ2) is 5.51.